The Labute approximate surface area is 101 Å². The average Bonchev–Trinajstić information content (AvgIpc) is 2.29. The van der Waals surface area contributed by atoms with Crippen LogP contribution in [0.4, 0.5) is 0 Å². The Hall–Kier alpha value is -1.45. The van der Waals surface area contributed by atoms with Gasteiger partial charge in [-0.15, -0.1) is 18.1 Å². The molecule has 0 saturated carbocycles. The molecule has 0 bridgehead atoms. The fraction of sp³-hybridized carbons (Fsp3) is 0.214. The van der Waals surface area contributed by atoms with Gasteiger partial charge < -0.3 is 5.11 Å². The Bertz CT molecular complexity index is 461. The molecular weight excluding hydrogens is 220 g/mol. The second-order valence-electron chi connectivity index (χ2n) is 3.55. The van der Waals surface area contributed by atoms with E-state index in [9.17, 15) is 5.11 Å². The molecule has 0 aliphatic carbocycles. The van der Waals surface area contributed by atoms with E-state index in [4.69, 9.17) is 18.0 Å². The van der Waals surface area contributed by atoms with Gasteiger partial charge in [-0.1, -0.05) is 30.3 Å². The summed E-state index contributed by atoms with van der Waals surface area (Å²) >= 11 is 5.80. The minimum absolute atomic E-state index is 0.184. The molecule has 0 saturated heterocycles. The Balaban J connectivity index is 3.28. The monoisotopic (exact) mass is 232 g/mol. The number of benzene rings is 1. The molecule has 0 aliphatic heterocycles. The lowest BCUT2D eigenvalue weighted by Gasteiger charge is -2.26. The molecule has 0 amide bonds. The Morgan fingerprint density at radius 3 is 2.50 bits per heavy atom. The van der Waals surface area contributed by atoms with Crippen molar-refractivity contribution in [1.29, 1.82) is 0 Å². The maximum atomic E-state index is 10.5. The smallest absolute Gasteiger partial charge is 0.129 e. The van der Waals surface area contributed by atoms with Crippen LogP contribution in [0.5, 0.6) is 0 Å². The van der Waals surface area contributed by atoms with Crippen LogP contribution in [0.15, 0.2) is 42.1 Å². The van der Waals surface area contributed by atoms with Gasteiger partial charge in [-0.2, -0.15) is 0 Å². The van der Waals surface area contributed by atoms with Gasteiger partial charge in [-0.25, -0.2) is 0 Å². The molecule has 82 valence electrons. The highest BCUT2D eigenvalue weighted by Gasteiger charge is 2.30. The van der Waals surface area contributed by atoms with Gasteiger partial charge in [0, 0.05) is 17.0 Å². The van der Waals surface area contributed by atoms with Crippen LogP contribution in [0.25, 0.3) is 0 Å². The number of halogens is 1. The number of rotatable bonds is 3. The molecule has 1 nitrogen and oxygen atoms in total. The fourth-order valence-corrected chi connectivity index (χ4v) is 1.60. The first-order valence-corrected chi connectivity index (χ1v) is 5.21. The SMILES string of the molecule is C#CCC(O)(C(C)=C=C)c1ccc(Cl)cc1. The summed E-state index contributed by atoms with van der Waals surface area (Å²) in [6.07, 6.45) is 5.46. The van der Waals surface area contributed by atoms with Gasteiger partial charge in [0.15, 0.2) is 0 Å². The maximum Gasteiger partial charge on any atom is 0.129 e. The predicted octanol–water partition coefficient (Wildman–Crippen LogP) is 3.28. The van der Waals surface area contributed by atoms with Gasteiger partial charge in [-0.3, -0.25) is 0 Å². The van der Waals surface area contributed by atoms with Gasteiger partial charge in [0.25, 0.3) is 0 Å². The molecule has 2 heteroatoms. The number of terminal acetylenes is 1. The molecular formula is C14H13ClO. The standard InChI is InChI=1S/C14H13ClO/c1-4-10-14(16,11(3)5-2)12-6-8-13(15)9-7-12/h1,6-9,16H,2,10H2,3H3. The summed E-state index contributed by atoms with van der Waals surface area (Å²) < 4.78 is 0. The van der Waals surface area contributed by atoms with Gasteiger partial charge in [-0.05, 0) is 24.6 Å². The first-order valence-electron chi connectivity index (χ1n) is 4.83. The number of aliphatic hydroxyl groups is 1. The number of hydrogen-bond donors (Lipinski definition) is 1. The summed E-state index contributed by atoms with van der Waals surface area (Å²) in [5, 5.41) is 11.1. The van der Waals surface area contributed by atoms with Crippen LogP contribution >= 0.6 is 11.6 Å². The van der Waals surface area contributed by atoms with Crippen LogP contribution in [-0.4, -0.2) is 5.11 Å². The van der Waals surface area contributed by atoms with Crippen molar-refractivity contribution < 1.29 is 5.11 Å². The van der Waals surface area contributed by atoms with Gasteiger partial charge in [0.2, 0.25) is 0 Å². The van der Waals surface area contributed by atoms with Gasteiger partial charge >= 0.3 is 0 Å². The lowest BCUT2D eigenvalue weighted by atomic mass is 9.85. The Morgan fingerprint density at radius 1 is 1.50 bits per heavy atom. The van der Waals surface area contributed by atoms with E-state index in [0.717, 1.165) is 0 Å². The van der Waals surface area contributed by atoms with Crippen molar-refractivity contribution in [2.45, 2.75) is 18.9 Å². The van der Waals surface area contributed by atoms with Crippen LogP contribution in [0.3, 0.4) is 0 Å². The average molecular weight is 233 g/mol. The third-order valence-electron chi connectivity index (χ3n) is 2.57. The fourth-order valence-electron chi connectivity index (χ4n) is 1.47. The van der Waals surface area contributed by atoms with Crippen molar-refractivity contribution in [2.75, 3.05) is 0 Å². The highest BCUT2D eigenvalue weighted by atomic mass is 35.5. The second-order valence-corrected chi connectivity index (χ2v) is 3.99. The molecule has 0 spiro atoms. The van der Waals surface area contributed by atoms with Crippen molar-refractivity contribution in [3.05, 3.63) is 52.7 Å². The summed E-state index contributed by atoms with van der Waals surface area (Å²) in [7, 11) is 0. The quantitative estimate of drug-likeness (QED) is 0.627. The largest absolute Gasteiger partial charge is 0.379 e. The highest BCUT2D eigenvalue weighted by Crippen LogP contribution is 2.32. The highest BCUT2D eigenvalue weighted by molar-refractivity contribution is 6.30. The molecule has 0 radical (unpaired) electrons. The molecule has 1 aromatic carbocycles. The molecule has 0 fully saturated rings. The minimum atomic E-state index is -1.21. The lowest BCUT2D eigenvalue weighted by Crippen LogP contribution is -2.26. The molecule has 1 rings (SSSR count). The van der Waals surface area contributed by atoms with Gasteiger partial charge in [0.05, 0.1) is 0 Å². The Kier molecular flexibility index (Phi) is 3.99. The van der Waals surface area contributed by atoms with Crippen molar-refractivity contribution in [1.82, 2.24) is 0 Å². The van der Waals surface area contributed by atoms with Crippen molar-refractivity contribution >= 4 is 11.6 Å². The third kappa shape index (κ3) is 2.38. The summed E-state index contributed by atoms with van der Waals surface area (Å²) in [4.78, 5) is 0. The van der Waals surface area contributed by atoms with E-state index in [1.165, 1.54) is 0 Å². The topological polar surface area (TPSA) is 20.2 Å². The minimum Gasteiger partial charge on any atom is -0.379 e. The molecule has 1 N–H and O–H groups in total. The van der Waals surface area contributed by atoms with E-state index in [1.54, 1.807) is 31.2 Å². The number of hydrogen-bond acceptors (Lipinski definition) is 1. The molecule has 1 aromatic rings. The van der Waals surface area contributed by atoms with Crippen LogP contribution in [-0.2, 0) is 5.60 Å². The van der Waals surface area contributed by atoms with E-state index in [-0.39, 0.29) is 6.42 Å². The summed E-state index contributed by atoms with van der Waals surface area (Å²) in [6.45, 7) is 5.28. The zero-order valence-corrected chi connectivity index (χ0v) is 9.88. The lowest BCUT2D eigenvalue weighted by molar-refractivity contribution is 0.0822. The zero-order chi connectivity index (χ0) is 12.2. The predicted molar refractivity (Wildman–Crippen MR) is 67.1 cm³/mol. The first-order chi connectivity index (χ1) is 7.54. The molecule has 1 atom stereocenters. The molecule has 0 aliphatic rings. The van der Waals surface area contributed by atoms with Crippen molar-refractivity contribution in [2.24, 2.45) is 0 Å². The van der Waals surface area contributed by atoms with Crippen LogP contribution in [0, 0.1) is 12.3 Å². The van der Waals surface area contributed by atoms with Gasteiger partial charge in [0.1, 0.15) is 5.60 Å². The zero-order valence-electron chi connectivity index (χ0n) is 9.13. The maximum absolute atomic E-state index is 10.5. The first kappa shape index (κ1) is 12.6. The summed E-state index contributed by atoms with van der Waals surface area (Å²) in [6, 6.07) is 6.94. The normalized spacial score (nSPS) is 13.4. The van der Waals surface area contributed by atoms with E-state index >= 15 is 0 Å². The molecule has 1 unspecified atom stereocenters. The second kappa shape index (κ2) is 5.05. The Morgan fingerprint density at radius 2 is 2.06 bits per heavy atom. The third-order valence-corrected chi connectivity index (χ3v) is 2.82. The van der Waals surface area contributed by atoms with Crippen LogP contribution in [0.1, 0.15) is 18.9 Å². The van der Waals surface area contributed by atoms with E-state index < -0.39 is 5.60 Å². The summed E-state index contributed by atoms with van der Waals surface area (Å²) in [5.41, 5.74) is 2.79. The van der Waals surface area contributed by atoms with Crippen LogP contribution in [0.2, 0.25) is 5.02 Å². The van der Waals surface area contributed by atoms with E-state index in [1.807, 2.05) is 0 Å². The van der Waals surface area contributed by atoms with Crippen molar-refractivity contribution in [3.63, 3.8) is 0 Å². The molecule has 0 heterocycles. The summed E-state index contributed by atoms with van der Waals surface area (Å²) in [5.74, 6) is 2.47. The molecule has 0 aromatic heterocycles. The van der Waals surface area contributed by atoms with E-state index in [2.05, 4.69) is 18.2 Å². The molecule has 16 heavy (non-hydrogen) atoms. The van der Waals surface area contributed by atoms with Crippen molar-refractivity contribution in [3.8, 4) is 12.3 Å². The van der Waals surface area contributed by atoms with Crippen LogP contribution < -0.4 is 0 Å². The van der Waals surface area contributed by atoms with E-state index in [0.29, 0.717) is 16.2 Å².